The van der Waals surface area contributed by atoms with Crippen molar-refractivity contribution in [2.24, 2.45) is 0 Å². The van der Waals surface area contributed by atoms with E-state index in [1.165, 1.54) is 0 Å². The summed E-state index contributed by atoms with van der Waals surface area (Å²) < 4.78 is 0. The van der Waals surface area contributed by atoms with Gasteiger partial charge in [-0.15, -0.1) is 0 Å². The third kappa shape index (κ3) is 3.56. The lowest BCUT2D eigenvalue weighted by Crippen LogP contribution is -1.94. The van der Waals surface area contributed by atoms with Crippen LogP contribution in [0.3, 0.4) is 0 Å². The average molecular weight is 333 g/mol. The number of aromatic hydroxyl groups is 1. The van der Waals surface area contributed by atoms with Gasteiger partial charge in [0.1, 0.15) is 0 Å². The molecule has 0 saturated heterocycles. The highest BCUT2D eigenvalue weighted by Crippen LogP contribution is 2.33. The number of H-pyrrole nitrogens is 1. The van der Waals surface area contributed by atoms with E-state index >= 15 is 0 Å². The smallest absolute Gasteiger partial charge is 0.198 e. The molecule has 2 rings (SSSR count). The molecule has 1 heterocycles. The zero-order valence-electron chi connectivity index (χ0n) is 14.9. The van der Waals surface area contributed by atoms with Crippen LogP contribution in [0, 0.1) is 16.7 Å². The minimum atomic E-state index is -0.0489. The van der Waals surface area contributed by atoms with Gasteiger partial charge >= 0.3 is 0 Å². The Kier molecular flexibility index (Phi) is 5.61. The van der Waals surface area contributed by atoms with Crippen molar-refractivity contribution in [1.29, 1.82) is 10.7 Å². The van der Waals surface area contributed by atoms with Crippen LogP contribution in [0.15, 0.2) is 42.5 Å². The van der Waals surface area contributed by atoms with Gasteiger partial charge in [0.15, 0.2) is 5.88 Å². The number of unbranched alkanes of at least 4 members (excludes halogenated alkanes) is 1. The predicted molar refractivity (Wildman–Crippen MR) is 104 cm³/mol. The van der Waals surface area contributed by atoms with E-state index in [0.29, 0.717) is 16.6 Å². The van der Waals surface area contributed by atoms with Crippen molar-refractivity contribution in [2.75, 3.05) is 0 Å². The van der Waals surface area contributed by atoms with Crippen LogP contribution < -0.4 is 0 Å². The molecule has 0 radical (unpaired) electrons. The maximum Gasteiger partial charge on any atom is 0.198 e. The van der Waals surface area contributed by atoms with Crippen molar-refractivity contribution in [3.63, 3.8) is 0 Å². The van der Waals surface area contributed by atoms with Gasteiger partial charge in [-0.1, -0.05) is 38.2 Å². The van der Waals surface area contributed by atoms with Crippen LogP contribution in [0.1, 0.15) is 50.3 Å². The summed E-state index contributed by atoms with van der Waals surface area (Å²) in [6.07, 6.45) is 7.97. The number of hydrogen-bond donors (Lipinski definition) is 3. The van der Waals surface area contributed by atoms with Crippen molar-refractivity contribution in [3.8, 4) is 11.9 Å². The predicted octanol–water partition coefficient (Wildman–Crippen LogP) is 5.45. The molecule has 4 heteroatoms. The van der Waals surface area contributed by atoms with E-state index in [1.54, 1.807) is 19.1 Å². The topological polar surface area (TPSA) is 83.7 Å². The Morgan fingerprint density at radius 2 is 2.12 bits per heavy atom. The standard InChI is InChI=1S/C21H23N3O/c1-5-7-8-9-13(3)16(6-2)17-11-18-19(10-15(17)12-22)24-21(25)20(18)14(4)23/h6,8-11,23-25H,2,5,7H2,1,3-4H3/b9-8-,16-13+,23-14?. The van der Waals surface area contributed by atoms with Gasteiger partial charge in [-0.25, -0.2) is 0 Å². The third-order valence-electron chi connectivity index (χ3n) is 4.15. The molecule has 0 aliphatic carbocycles. The first-order valence-corrected chi connectivity index (χ1v) is 8.29. The number of aromatic nitrogens is 1. The summed E-state index contributed by atoms with van der Waals surface area (Å²) >= 11 is 0. The molecule has 1 aromatic heterocycles. The monoisotopic (exact) mass is 333 g/mol. The Bertz CT molecular complexity index is 936. The first-order valence-electron chi connectivity index (χ1n) is 8.29. The van der Waals surface area contributed by atoms with Crippen molar-refractivity contribution in [1.82, 2.24) is 4.98 Å². The minimum Gasteiger partial charge on any atom is -0.494 e. The van der Waals surface area contributed by atoms with E-state index in [-0.39, 0.29) is 11.6 Å². The lowest BCUT2D eigenvalue weighted by Gasteiger charge is -2.09. The fourth-order valence-electron chi connectivity index (χ4n) is 2.92. The van der Waals surface area contributed by atoms with Gasteiger partial charge in [-0.05, 0) is 43.5 Å². The molecule has 0 spiro atoms. The van der Waals surface area contributed by atoms with Crippen molar-refractivity contribution < 1.29 is 5.11 Å². The van der Waals surface area contributed by atoms with E-state index in [0.717, 1.165) is 34.9 Å². The molecule has 4 nitrogen and oxygen atoms in total. The number of benzene rings is 1. The Balaban J connectivity index is 2.76. The second-order valence-corrected chi connectivity index (χ2v) is 6.02. The van der Waals surface area contributed by atoms with E-state index in [4.69, 9.17) is 5.41 Å². The molecule has 0 aliphatic rings. The van der Waals surface area contributed by atoms with Crippen LogP contribution in [0.2, 0.25) is 0 Å². The van der Waals surface area contributed by atoms with E-state index < -0.39 is 0 Å². The Morgan fingerprint density at radius 3 is 2.68 bits per heavy atom. The van der Waals surface area contributed by atoms with Gasteiger partial charge in [0.25, 0.3) is 0 Å². The number of aromatic amines is 1. The van der Waals surface area contributed by atoms with Crippen LogP contribution in [0.25, 0.3) is 16.5 Å². The molecule has 0 atom stereocenters. The molecule has 1 aromatic carbocycles. The van der Waals surface area contributed by atoms with Crippen LogP contribution in [0.5, 0.6) is 5.88 Å². The van der Waals surface area contributed by atoms with E-state index in [1.807, 2.05) is 19.1 Å². The van der Waals surface area contributed by atoms with Gasteiger partial charge < -0.3 is 15.5 Å². The molecule has 0 fully saturated rings. The summed E-state index contributed by atoms with van der Waals surface area (Å²) in [5.41, 5.74) is 4.52. The van der Waals surface area contributed by atoms with E-state index in [9.17, 15) is 10.4 Å². The van der Waals surface area contributed by atoms with E-state index in [2.05, 4.69) is 30.6 Å². The van der Waals surface area contributed by atoms with Crippen LogP contribution >= 0.6 is 0 Å². The second kappa shape index (κ2) is 7.67. The summed E-state index contributed by atoms with van der Waals surface area (Å²) in [6, 6.07) is 5.79. The molecular weight excluding hydrogens is 310 g/mol. The summed E-state index contributed by atoms with van der Waals surface area (Å²) in [5, 5.41) is 28.3. The molecule has 0 unspecified atom stereocenters. The molecule has 3 N–H and O–H groups in total. The fourth-order valence-corrected chi connectivity index (χ4v) is 2.92. The number of nitrogens with zero attached hydrogens (tertiary/aromatic N) is 1. The number of nitrogens with one attached hydrogen (secondary N) is 2. The normalized spacial score (nSPS) is 12.2. The van der Waals surface area contributed by atoms with Crippen molar-refractivity contribution >= 4 is 22.2 Å². The number of nitriles is 1. The van der Waals surface area contributed by atoms with Crippen molar-refractivity contribution in [2.45, 2.75) is 33.6 Å². The molecule has 0 saturated carbocycles. The highest BCUT2D eigenvalue weighted by molar-refractivity contribution is 6.11. The first-order chi connectivity index (χ1) is 11.9. The third-order valence-corrected chi connectivity index (χ3v) is 4.15. The van der Waals surface area contributed by atoms with Gasteiger partial charge in [0.2, 0.25) is 0 Å². The number of fused-ring (bicyclic) bond motifs is 1. The Morgan fingerprint density at radius 1 is 1.40 bits per heavy atom. The number of hydrogen-bond acceptors (Lipinski definition) is 3. The van der Waals surface area contributed by atoms with Gasteiger partial charge in [0, 0.05) is 16.7 Å². The summed E-state index contributed by atoms with van der Waals surface area (Å²) in [7, 11) is 0. The van der Waals surface area contributed by atoms with Crippen molar-refractivity contribution in [3.05, 3.63) is 59.2 Å². The van der Waals surface area contributed by atoms with Crippen LogP contribution in [0.4, 0.5) is 0 Å². The Labute approximate surface area is 148 Å². The fraction of sp³-hybridized carbons (Fsp3) is 0.238. The largest absolute Gasteiger partial charge is 0.494 e. The Hall–Kier alpha value is -3.06. The van der Waals surface area contributed by atoms with Crippen LogP contribution in [-0.4, -0.2) is 15.8 Å². The highest BCUT2D eigenvalue weighted by atomic mass is 16.3. The lowest BCUT2D eigenvalue weighted by atomic mass is 9.93. The summed E-state index contributed by atoms with van der Waals surface area (Å²) in [5.74, 6) is -0.0489. The highest BCUT2D eigenvalue weighted by Gasteiger charge is 2.17. The van der Waals surface area contributed by atoms with Gasteiger partial charge in [-0.2, -0.15) is 5.26 Å². The van der Waals surface area contributed by atoms with Crippen LogP contribution in [-0.2, 0) is 0 Å². The zero-order valence-corrected chi connectivity index (χ0v) is 14.9. The molecule has 2 aromatic rings. The zero-order chi connectivity index (χ0) is 18.6. The summed E-state index contributed by atoms with van der Waals surface area (Å²) in [6.45, 7) is 9.65. The average Bonchev–Trinajstić information content (AvgIpc) is 2.89. The first kappa shape index (κ1) is 18.3. The maximum atomic E-state index is 10.1. The molecule has 25 heavy (non-hydrogen) atoms. The summed E-state index contributed by atoms with van der Waals surface area (Å²) in [4.78, 5) is 2.85. The molecule has 0 aliphatic heterocycles. The second-order valence-electron chi connectivity index (χ2n) is 6.02. The quantitative estimate of drug-likeness (QED) is 0.485. The minimum absolute atomic E-state index is 0.0489. The molecule has 128 valence electrons. The number of allylic oxidation sites excluding steroid dienone is 5. The molecular formula is C21H23N3O. The molecule has 0 amide bonds. The lowest BCUT2D eigenvalue weighted by molar-refractivity contribution is 0.457. The maximum absolute atomic E-state index is 10.1. The van der Waals surface area contributed by atoms with Gasteiger partial charge in [-0.3, -0.25) is 0 Å². The SMILES string of the molecule is C=C/C(=C(C)\C=C/CCC)c1cc2c(C(C)=N)c(O)[nH]c2cc1C#N. The molecule has 0 bridgehead atoms. The number of rotatable bonds is 6. The van der Waals surface area contributed by atoms with Gasteiger partial charge in [0.05, 0.1) is 22.7 Å².